The molecule has 10 rings (SSSR count). The minimum atomic E-state index is -0.752. The summed E-state index contributed by atoms with van der Waals surface area (Å²) < 4.78 is 22.7. The molecule has 338 valence electrons. The van der Waals surface area contributed by atoms with Crippen molar-refractivity contribution in [3.63, 3.8) is 0 Å². The first-order chi connectivity index (χ1) is 30.6. The number of nitrogens with zero attached hydrogens (tertiary/aromatic N) is 4. The zero-order chi connectivity index (χ0) is 45.0. The molecule has 2 aromatic carbocycles. The topological polar surface area (TPSA) is 177 Å². The van der Waals surface area contributed by atoms with E-state index in [1.807, 2.05) is 55.7 Å². The third-order valence-corrected chi connectivity index (χ3v) is 15.1. The Kier molecular flexibility index (Phi) is 10.5. The zero-order valence-corrected chi connectivity index (χ0v) is 38.4. The molecule has 4 fully saturated rings. The number of imidazole rings is 1. The molecular formula is C47H53Cl2N7O8. The van der Waals surface area contributed by atoms with Crippen molar-refractivity contribution < 1.29 is 38.1 Å². The Bertz CT molecular complexity index is 2510. The second-order valence-corrected chi connectivity index (χ2v) is 20.3. The molecule has 2 aliphatic carbocycles. The number of carbonyl (C=O) groups is 4. The Morgan fingerprint density at radius 1 is 0.766 bits per heavy atom. The Morgan fingerprint density at radius 3 is 1.78 bits per heavy atom. The van der Waals surface area contributed by atoms with Gasteiger partial charge in [0.1, 0.15) is 58.6 Å². The minimum absolute atomic E-state index is 0.0354. The van der Waals surface area contributed by atoms with E-state index in [4.69, 9.17) is 52.1 Å². The minimum Gasteiger partial charge on any atom is -0.488 e. The fourth-order valence-corrected chi connectivity index (χ4v) is 11.1. The van der Waals surface area contributed by atoms with Crippen molar-refractivity contribution in [2.24, 2.45) is 27.7 Å². The van der Waals surface area contributed by atoms with Gasteiger partial charge < -0.3 is 44.4 Å². The number of hydrogen-bond acceptors (Lipinski definition) is 10. The summed E-state index contributed by atoms with van der Waals surface area (Å²) in [6.45, 7) is 9.41. The van der Waals surface area contributed by atoms with Crippen molar-refractivity contribution >= 4 is 58.5 Å². The number of amides is 4. The van der Waals surface area contributed by atoms with Crippen molar-refractivity contribution in [2.45, 2.75) is 110 Å². The SMILES string of the molecule is COC(=O)N[C@H](C(=O)N1CC2(CC2)C[C@H]1C1=NC(Cl)=C(c2cc3c4c(c2)OCc2cc(-c5nc([C@@H]6CC7(CC7)CN6C(=O)[C@@H](NC(=O)OC)C(C)C)[nH]c5Cl)cc(c2-4)OC3)C1)C(C)C. The first-order valence-electron chi connectivity index (χ1n) is 22.2. The van der Waals surface area contributed by atoms with Crippen LogP contribution < -0.4 is 20.1 Å². The number of halogens is 2. The van der Waals surface area contributed by atoms with Gasteiger partial charge in [-0.05, 0) is 91.0 Å². The number of likely N-dealkylation sites (tertiary alicyclic amines) is 2. The number of aromatic amines is 1. The number of alkyl carbamates (subject to hydrolysis) is 2. The maximum atomic E-state index is 14.1. The quantitative estimate of drug-likeness (QED) is 0.170. The Morgan fingerprint density at radius 2 is 1.27 bits per heavy atom. The molecule has 2 saturated heterocycles. The molecule has 64 heavy (non-hydrogen) atoms. The van der Waals surface area contributed by atoms with Gasteiger partial charge in [0.25, 0.3) is 0 Å². The molecule has 2 spiro atoms. The van der Waals surface area contributed by atoms with E-state index < -0.39 is 24.3 Å². The van der Waals surface area contributed by atoms with Crippen LogP contribution in [0.15, 0.2) is 34.4 Å². The van der Waals surface area contributed by atoms with Crippen molar-refractivity contribution in [1.29, 1.82) is 0 Å². The molecule has 3 N–H and O–H groups in total. The van der Waals surface area contributed by atoms with Crippen molar-refractivity contribution in [3.8, 4) is 33.9 Å². The number of rotatable bonds is 10. The summed E-state index contributed by atoms with van der Waals surface area (Å²) in [7, 11) is 2.58. The largest absolute Gasteiger partial charge is 0.488 e. The van der Waals surface area contributed by atoms with Crippen LogP contribution in [0.5, 0.6) is 11.5 Å². The average molecular weight is 915 g/mol. The molecule has 0 radical (unpaired) electrons. The van der Waals surface area contributed by atoms with Crippen LogP contribution in [0.1, 0.15) is 101 Å². The highest BCUT2D eigenvalue weighted by Gasteiger charge is 2.57. The van der Waals surface area contributed by atoms with E-state index in [2.05, 4.69) is 21.7 Å². The van der Waals surface area contributed by atoms with Crippen LogP contribution in [0, 0.1) is 22.7 Å². The van der Waals surface area contributed by atoms with E-state index in [1.165, 1.54) is 14.2 Å². The highest BCUT2D eigenvalue weighted by atomic mass is 35.5. The van der Waals surface area contributed by atoms with Crippen LogP contribution in [0.25, 0.3) is 28.0 Å². The van der Waals surface area contributed by atoms with E-state index >= 15 is 0 Å². The number of aliphatic imine (C=N–C) groups is 1. The maximum absolute atomic E-state index is 14.1. The lowest BCUT2D eigenvalue weighted by atomic mass is 9.86. The molecule has 2 saturated carbocycles. The van der Waals surface area contributed by atoms with Gasteiger partial charge in [0.15, 0.2) is 0 Å². The molecule has 6 heterocycles. The maximum Gasteiger partial charge on any atom is 0.407 e. The molecule has 4 atom stereocenters. The van der Waals surface area contributed by atoms with Gasteiger partial charge in [0, 0.05) is 58.6 Å². The number of nitrogens with one attached hydrogen (secondary N) is 3. The summed E-state index contributed by atoms with van der Waals surface area (Å²) in [5, 5.41) is 6.24. The first kappa shape index (κ1) is 42.7. The number of benzene rings is 2. The van der Waals surface area contributed by atoms with E-state index in [9.17, 15) is 19.2 Å². The summed E-state index contributed by atoms with van der Waals surface area (Å²) in [5.41, 5.74) is 7.84. The van der Waals surface area contributed by atoms with Gasteiger partial charge in [0.2, 0.25) is 11.8 Å². The fourth-order valence-electron chi connectivity index (χ4n) is 10.6. The van der Waals surface area contributed by atoms with Crippen LogP contribution in [-0.4, -0.2) is 94.9 Å². The number of hydrogen-bond donors (Lipinski definition) is 3. The van der Waals surface area contributed by atoms with Crippen molar-refractivity contribution in [3.05, 3.63) is 57.1 Å². The molecule has 3 aromatic rings. The Hall–Kier alpha value is -5.28. The zero-order valence-electron chi connectivity index (χ0n) is 36.9. The van der Waals surface area contributed by atoms with Gasteiger partial charge in [-0.25, -0.2) is 19.6 Å². The van der Waals surface area contributed by atoms with Crippen molar-refractivity contribution in [2.75, 3.05) is 27.3 Å². The molecule has 1 aromatic heterocycles. The van der Waals surface area contributed by atoms with Gasteiger partial charge in [-0.15, -0.1) is 0 Å². The van der Waals surface area contributed by atoms with Gasteiger partial charge in [-0.3, -0.25) is 9.59 Å². The van der Waals surface area contributed by atoms with Crippen LogP contribution >= 0.6 is 23.2 Å². The summed E-state index contributed by atoms with van der Waals surface area (Å²) in [6, 6.07) is 6.08. The predicted octanol–water partition coefficient (Wildman–Crippen LogP) is 8.13. The molecule has 5 aliphatic heterocycles. The third kappa shape index (κ3) is 7.36. The standard InChI is InChI=1S/C47H53Cl2N7O8/c1-22(2)36(52-44(59)61-5)42(57)55-20-46(7-8-46)16-30(55)29-15-28(39(48)50-29)24-11-26-18-64-33-14-25(12-27-19-63-32(13-24)34(26)35(27)33)38-40(49)54-41(51-38)31-17-47(9-10-47)21-56(31)43(58)37(23(3)4)53-45(60)62-6/h11-14,22-23,30-31,36-37H,7-10,15-21H2,1-6H3,(H,51,54)(H,52,59)(H,53,60)/t30-,31-,36-,37-/m0/s1. The smallest absolute Gasteiger partial charge is 0.407 e. The second-order valence-electron chi connectivity index (χ2n) is 19.5. The number of carbonyl (C=O) groups excluding carboxylic acids is 4. The molecule has 0 unspecified atom stereocenters. The molecule has 4 amide bonds. The highest BCUT2D eigenvalue weighted by Crippen LogP contribution is 2.59. The predicted molar refractivity (Wildman–Crippen MR) is 239 cm³/mol. The Labute approximate surface area is 381 Å². The van der Waals surface area contributed by atoms with E-state index in [1.54, 1.807) is 0 Å². The third-order valence-electron chi connectivity index (χ3n) is 14.5. The molecule has 0 bridgehead atoms. The van der Waals surface area contributed by atoms with Gasteiger partial charge in [-0.1, -0.05) is 50.9 Å². The number of ether oxygens (including phenoxy) is 4. The second kappa shape index (κ2) is 15.7. The van der Waals surface area contributed by atoms with Crippen molar-refractivity contribution in [1.82, 2.24) is 30.4 Å². The van der Waals surface area contributed by atoms with Crippen LogP contribution in [0.3, 0.4) is 0 Å². The molecule has 17 heteroatoms. The van der Waals surface area contributed by atoms with Crippen LogP contribution in [-0.2, 0) is 32.3 Å². The van der Waals surface area contributed by atoms with Gasteiger partial charge >= 0.3 is 12.2 Å². The first-order valence-corrected chi connectivity index (χ1v) is 23.0. The number of H-pyrrole nitrogens is 1. The monoisotopic (exact) mass is 913 g/mol. The lowest BCUT2D eigenvalue weighted by Crippen LogP contribution is -2.53. The fraction of sp³-hybridized carbons (Fsp3) is 0.532. The summed E-state index contributed by atoms with van der Waals surface area (Å²) in [4.78, 5) is 69.6. The van der Waals surface area contributed by atoms with Crippen LogP contribution in [0.2, 0.25) is 5.15 Å². The Balaban J connectivity index is 0.897. The average Bonchev–Trinajstić information content (AvgIpc) is 3.97. The van der Waals surface area contributed by atoms with E-state index in [-0.39, 0.29) is 53.2 Å². The summed E-state index contributed by atoms with van der Waals surface area (Å²) >= 11 is 13.9. The lowest BCUT2D eigenvalue weighted by molar-refractivity contribution is -0.136. The van der Waals surface area contributed by atoms with E-state index in [0.29, 0.717) is 53.7 Å². The highest BCUT2D eigenvalue weighted by molar-refractivity contribution is 6.35. The van der Waals surface area contributed by atoms with Gasteiger partial charge in [-0.2, -0.15) is 0 Å². The van der Waals surface area contributed by atoms with Crippen LogP contribution in [0.4, 0.5) is 9.59 Å². The number of methoxy groups -OCH3 is 2. The number of aromatic nitrogens is 2. The molecule has 7 aliphatic rings. The van der Waals surface area contributed by atoms with Gasteiger partial charge in [0.05, 0.1) is 26.3 Å². The van der Waals surface area contributed by atoms with E-state index in [0.717, 1.165) is 88.9 Å². The normalized spacial score (nSPS) is 22.6. The lowest BCUT2D eigenvalue weighted by Gasteiger charge is -2.31. The summed E-state index contributed by atoms with van der Waals surface area (Å²) in [6.07, 6.45) is 4.92. The molecular weight excluding hydrogens is 861 g/mol. The molecule has 15 nitrogen and oxygen atoms in total. The number of allylic oxidation sites excluding steroid dienone is 1. The summed E-state index contributed by atoms with van der Waals surface area (Å²) in [5.74, 6) is 1.42.